The Morgan fingerprint density at radius 3 is 2.55 bits per heavy atom. The van der Waals surface area contributed by atoms with E-state index >= 15 is 8.78 Å². The first kappa shape index (κ1) is 29.5. The van der Waals surface area contributed by atoms with Crippen molar-refractivity contribution in [2.24, 2.45) is 10.8 Å². The highest BCUT2D eigenvalue weighted by molar-refractivity contribution is 6.01. The fourth-order valence-electron chi connectivity index (χ4n) is 8.55. The van der Waals surface area contributed by atoms with Crippen molar-refractivity contribution in [3.05, 3.63) is 53.8 Å². The second kappa shape index (κ2) is 10.9. The van der Waals surface area contributed by atoms with Gasteiger partial charge < -0.3 is 29.7 Å². The van der Waals surface area contributed by atoms with E-state index in [2.05, 4.69) is 20.1 Å². The van der Waals surface area contributed by atoms with Crippen LogP contribution in [0.15, 0.2) is 36.4 Å². The molecular formula is C36H38F3N5O3. The number of nitrogens with one attached hydrogen (secondary N) is 1. The van der Waals surface area contributed by atoms with Gasteiger partial charge in [0.15, 0.2) is 17.5 Å². The highest BCUT2D eigenvalue weighted by Gasteiger charge is 2.49. The predicted molar refractivity (Wildman–Crippen MR) is 172 cm³/mol. The van der Waals surface area contributed by atoms with E-state index in [9.17, 15) is 9.50 Å². The summed E-state index contributed by atoms with van der Waals surface area (Å²) in [6, 6.07) is 9.01. The third kappa shape index (κ3) is 5.18. The maximum absolute atomic E-state index is 16.8. The molecule has 3 unspecified atom stereocenters. The number of anilines is 1. The van der Waals surface area contributed by atoms with Crippen molar-refractivity contribution in [2.45, 2.75) is 50.6 Å². The van der Waals surface area contributed by atoms with Gasteiger partial charge in [0, 0.05) is 72.0 Å². The lowest BCUT2D eigenvalue weighted by atomic mass is 9.87. The van der Waals surface area contributed by atoms with Gasteiger partial charge >= 0.3 is 6.01 Å². The van der Waals surface area contributed by atoms with E-state index < -0.39 is 17.5 Å². The topological polar surface area (TPSA) is 83.0 Å². The summed E-state index contributed by atoms with van der Waals surface area (Å²) in [5.41, 5.74) is 0.416. The van der Waals surface area contributed by atoms with Crippen molar-refractivity contribution in [1.82, 2.24) is 20.2 Å². The van der Waals surface area contributed by atoms with Crippen LogP contribution in [0.4, 0.5) is 19.0 Å². The molecule has 1 aliphatic carbocycles. The first-order valence-electron chi connectivity index (χ1n) is 16.8. The largest absolute Gasteiger partial charge is 0.508 e. The van der Waals surface area contributed by atoms with Crippen LogP contribution >= 0.6 is 0 Å². The van der Waals surface area contributed by atoms with Crippen LogP contribution in [0.25, 0.3) is 32.8 Å². The average Bonchev–Trinajstić information content (AvgIpc) is 3.32. The van der Waals surface area contributed by atoms with Crippen molar-refractivity contribution < 1.29 is 27.8 Å². The van der Waals surface area contributed by atoms with Crippen LogP contribution in [-0.2, 0) is 4.74 Å². The number of piperazine rings is 1. The highest BCUT2D eigenvalue weighted by Crippen LogP contribution is 2.49. The van der Waals surface area contributed by atoms with Gasteiger partial charge in [-0.3, -0.25) is 0 Å². The molecule has 5 fully saturated rings. The van der Waals surface area contributed by atoms with Gasteiger partial charge in [-0.05, 0) is 80.3 Å². The smallest absolute Gasteiger partial charge is 0.319 e. The van der Waals surface area contributed by atoms with Crippen molar-refractivity contribution in [3.63, 3.8) is 0 Å². The molecule has 3 aromatic carbocycles. The van der Waals surface area contributed by atoms with Crippen LogP contribution in [0.5, 0.6) is 11.8 Å². The fourth-order valence-corrected chi connectivity index (χ4v) is 8.55. The van der Waals surface area contributed by atoms with Crippen molar-refractivity contribution >= 4 is 27.5 Å². The maximum Gasteiger partial charge on any atom is 0.319 e. The summed E-state index contributed by atoms with van der Waals surface area (Å²) in [5, 5.41) is 14.8. The molecule has 1 spiro atoms. The SMILES string of the molecule is Oc1cc(-c2ccc3c(N4CC5CCC(C4)N5)nc(OCC4(CN5CCC6(CCOC6)C5)CC4)nc3c2F)c2c(F)c(F)ccc2c1. The normalized spacial score (nSPS) is 26.7. The van der Waals surface area contributed by atoms with Crippen LogP contribution < -0.4 is 15.0 Å². The number of benzene rings is 3. The van der Waals surface area contributed by atoms with Crippen molar-refractivity contribution in [3.8, 4) is 22.9 Å². The van der Waals surface area contributed by atoms with E-state index in [1.54, 1.807) is 6.07 Å². The number of phenolic OH excluding ortho intramolecular Hbond substituents is 1. The average molecular weight is 646 g/mol. The zero-order chi connectivity index (χ0) is 31.9. The minimum atomic E-state index is -1.10. The monoisotopic (exact) mass is 645 g/mol. The second-order valence-corrected chi connectivity index (χ2v) is 14.7. The Morgan fingerprint density at radius 1 is 0.957 bits per heavy atom. The first-order valence-corrected chi connectivity index (χ1v) is 16.8. The quantitative estimate of drug-likeness (QED) is 0.262. The van der Waals surface area contributed by atoms with Gasteiger partial charge in [0.25, 0.3) is 0 Å². The summed E-state index contributed by atoms with van der Waals surface area (Å²) in [6.07, 6.45) is 6.55. The molecule has 4 aliphatic heterocycles. The molecule has 5 aliphatic rings. The Labute approximate surface area is 270 Å². The van der Waals surface area contributed by atoms with Crippen molar-refractivity contribution in [1.29, 1.82) is 0 Å². The van der Waals surface area contributed by atoms with Gasteiger partial charge in [0.1, 0.15) is 17.1 Å². The molecule has 4 saturated heterocycles. The van der Waals surface area contributed by atoms with Crippen LogP contribution in [0.1, 0.15) is 38.5 Å². The lowest BCUT2D eigenvalue weighted by molar-refractivity contribution is 0.138. The lowest BCUT2D eigenvalue weighted by Crippen LogP contribution is -2.51. The van der Waals surface area contributed by atoms with Gasteiger partial charge in [-0.1, -0.05) is 12.1 Å². The molecule has 0 radical (unpaired) electrons. The number of ether oxygens (including phenoxy) is 2. The summed E-state index contributed by atoms with van der Waals surface area (Å²) < 4.78 is 58.4. The van der Waals surface area contributed by atoms with E-state index in [1.165, 1.54) is 30.7 Å². The molecule has 2 N–H and O–H groups in total. The number of rotatable bonds is 7. The molecule has 47 heavy (non-hydrogen) atoms. The lowest BCUT2D eigenvalue weighted by Gasteiger charge is -2.34. The van der Waals surface area contributed by atoms with Gasteiger partial charge in [0.05, 0.1) is 13.2 Å². The zero-order valence-electron chi connectivity index (χ0n) is 26.2. The van der Waals surface area contributed by atoms with Crippen molar-refractivity contribution in [2.75, 3.05) is 57.4 Å². The molecule has 1 saturated carbocycles. The minimum absolute atomic E-state index is 0.0106. The summed E-state index contributed by atoms with van der Waals surface area (Å²) in [7, 11) is 0. The Kier molecular flexibility index (Phi) is 6.85. The number of hydrogen-bond donors (Lipinski definition) is 2. The molecular weight excluding hydrogens is 607 g/mol. The predicted octanol–water partition coefficient (Wildman–Crippen LogP) is 5.78. The van der Waals surface area contributed by atoms with E-state index in [4.69, 9.17) is 14.5 Å². The highest BCUT2D eigenvalue weighted by atomic mass is 19.2. The molecule has 246 valence electrons. The van der Waals surface area contributed by atoms with Gasteiger partial charge in [-0.15, -0.1) is 0 Å². The summed E-state index contributed by atoms with van der Waals surface area (Å²) >= 11 is 0. The van der Waals surface area contributed by atoms with Crippen LogP contribution in [0.3, 0.4) is 0 Å². The molecule has 8 nitrogen and oxygen atoms in total. The number of aromatic hydroxyl groups is 1. The standard InChI is InChI=1S/C36H38F3N5O3/c37-28-6-1-21-13-24(45)14-27(29(21)31(28)39)25-4-5-26-32(30(25)38)41-34(42-33(26)44-15-22-2-3-23(16-44)40-22)47-20-35(7-8-35)17-43-11-9-36(18-43)10-12-46-19-36/h1,4-6,13-14,22-23,40,45H,2-3,7-12,15-20H2. The van der Waals surface area contributed by atoms with Crippen LogP contribution in [0.2, 0.25) is 0 Å². The maximum atomic E-state index is 16.8. The minimum Gasteiger partial charge on any atom is -0.508 e. The molecule has 2 bridgehead atoms. The van der Waals surface area contributed by atoms with Gasteiger partial charge in [-0.25, -0.2) is 13.2 Å². The molecule has 1 aromatic heterocycles. The summed E-state index contributed by atoms with van der Waals surface area (Å²) in [6.45, 7) is 6.67. The Bertz CT molecular complexity index is 1880. The Balaban J connectivity index is 1.08. The number of halogens is 3. The van der Waals surface area contributed by atoms with E-state index in [0.29, 0.717) is 35.3 Å². The van der Waals surface area contributed by atoms with Gasteiger partial charge in [-0.2, -0.15) is 9.97 Å². The number of nitrogens with zero attached hydrogens (tertiary/aromatic N) is 4. The van der Waals surface area contributed by atoms with E-state index in [0.717, 1.165) is 84.1 Å². The Hall–Kier alpha value is -3.67. The fraction of sp³-hybridized carbons (Fsp3) is 0.500. The number of likely N-dealkylation sites (tertiary alicyclic amines) is 1. The molecule has 9 rings (SSSR count). The molecule has 11 heteroatoms. The third-order valence-electron chi connectivity index (χ3n) is 11.3. The zero-order valence-corrected chi connectivity index (χ0v) is 26.2. The third-order valence-corrected chi connectivity index (χ3v) is 11.3. The summed E-state index contributed by atoms with van der Waals surface area (Å²) in [4.78, 5) is 14.2. The van der Waals surface area contributed by atoms with E-state index in [-0.39, 0.29) is 44.6 Å². The van der Waals surface area contributed by atoms with Crippen LogP contribution in [-0.4, -0.2) is 84.6 Å². The summed E-state index contributed by atoms with van der Waals surface area (Å²) in [5.74, 6) is -2.42. The molecule has 3 atom stereocenters. The molecule has 0 amide bonds. The molecule has 5 heterocycles. The van der Waals surface area contributed by atoms with Gasteiger partial charge in [0.2, 0.25) is 0 Å². The van der Waals surface area contributed by atoms with E-state index in [1.807, 2.05) is 0 Å². The first-order chi connectivity index (χ1) is 22.8. The number of aromatic nitrogens is 2. The molecule has 4 aromatic rings. The Morgan fingerprint density at radius 2 is 1.79 bits per heavy atom. The van der Waals surface area contributed by atoms with Crippen LogP contribution in [0, 0.1) is 28.3 Å². The number of hydrogen-bond acceptors (Lipinski definition) is 8. The number of fused-ring (bicyclic) bond motifs is 4. The number of phenols is 1. The second-order valence-electron chi connectivity index (χ2n) is 14.7.